The number of unbranched alkanes of at least 4 members (excludes halogenated alkanes) is 9. The summed E-state index contributed by atoms with van der Waals surface area (Å²) in [4.78, 5) is 42.7. The summed E-state index contributed by atoms with van der Waals surface area (Å²) >= 11 is 0. The van der Waals surface area contributed by atoms with E-state index in [1.807, 2.05) is 43.4 Å². The van der Waals surface area contributed by atoms with Crippen molar-refractivity contribution in [3.63, 3.8) is 0 Å². The number of hydrogen-bond donors (Lipinski definition) is 4. The molecular formula is C43H69O10P. The molecule has 0 radical (unpaired) electrons. The van der Waals surface area contributed by atoms with Crippen LogP contribution in [0.25, 0.3) is 0 Å². The van der Waals surface area contributed by atoms with Crippen LogP contribution in [0.5, 0.6) is 0 Å². The molecule has 4 N–H and O–H groups in total. The van der Waals surface area contributed by atoms with Crippen LogP contribution in [0, 0.1) is 0 Å². The zero-order valence-electron chi connectivity index (χ0n) is 32.8. The molecule has 0 aliphatic rings. The predicted octanol–water partition coefficient (Wildman–Crippen LogP) is 9.78. The number of esters is 2. The Morgan fingerprint density at radius 2 is 1.17 bits per heavy atom. The standard InChI is InChI=1S/C43H69O10P/c1-3-5-7-8-9-10-11-12-13-14-15-16-17-21-29-35-42(46)51-37-41(38-52-54(48,49)50)53-43(47)36-30-22-19-18-20-26-32-40(45)34-28-24-23-27-33-39(44)31-25-6-4-2/h6,10-13,19-20,22-28,33-34,39-41,44-45H,3-5,7-9,14-18,21,29-32,35-38H2,1-2H3,(H2,48,49,50)/b11-10-,13-12-,22-19-,24-23-,25-6-,26-20-,33-27+,34-28+/t39-,40+,41+/m0/s1. The van der Waals surface area contributed by atoms with E-state index in [-0.39, 0.29) is 19.4 Å². The maximum absolute atomic E-state index is 12.4. The first-order valence-electron chi connectivity index (χ1n) is 19.8. The van der Waals surface area contributed by atoms with Crippen molar-refractivity contribution in [2.24, 2.45) is 0 Å². The maximum atomic E-state index is 12.4. The number of hydrogen-bond acceptors (Lipinski definition) is 8. The number of ether oxygens (including phenoxy) is 2. The van der Waals surface area contributed by atoms with E-state index < -0.39 is 44.7 Å². The van der Waals surface area contributed by atoms with Gasteiger partial charge in [-0.25, -0.2) is 4.57 Å². The number of phosphoric ester groups is 1. The van der Waals surface area contributed by atoms with Gasteiger partial charge in [-0.05, 0) is 64.2 Å². The highest BCUT2D eigenvalue weighted by molar-refractivity contribution is 7.46. The van der Waals surface area contributed by atoms with Crippen LogP contribution >= 0.6 is 7.82 Å². The van der Waals surface area contributed by atoms with E-state index in [4.69, 9.17) is 19.3 Å². The molecule has 3 atom stereocenters. The number of carbonyl (C=O) groups is 2. The Labute approximate surface area is 325 Å². The van der Waals surface area contributed by atoms with Gasteiger partial charge in [-0.2, -0.15) is 0 Å². The predicted molar refractivity (Wildman–Crippen MR) is 218 cm³/mol. The maximum Gasteiger partial charge on any atom is 0.469 e. The van der Waals surface area contributed by atoms with E-state index in [0.29, 0.717) is 32.1 Å². The molecule has 0 aromatic rings. The third kappa shape index (κ3) is 38.6. The molecule has 0 amide bonds. The molecule has 306 valence electrons. The number of rotatable bonds is 34. The minimum atomic E-state index is -4.81. The lowest BCUT2D eigenvalue weighted by atomic mass is 10.1. The summed E-state index contributed by atoms with van der Waals surface area (Å²) in [6, 6.07) is 0. The average molecular weight is 777 g/mol. The molecule has 0 saturated carbocycles. The van der Waals surface area contributed by atoms with Crippen molar-refractivity contribution in [2.75, 3.05) is 13.2 Å². The van der Waals surface area contributed by atoms with Crippen molar-refractivity contribution >= 4 is 19.8 Å². The van der Waals surface area contributed by atoms with Gasteiger partial charge in [-0.1, -0.05) is 150 Å². The number of phosphoric acid groups is 1. The topological polar surface area (TPSA) is 160 Å². The minimum absolute atomic E-state index is 0.0211. The van der Waals surface area contributed by atoms with E-state index in [9.17, 15) is 24.4 Å². The van der Waals surface area contributed by atoms with Crippen molar-refractivity contribution in [1.82, 2.24) is 0 Å². The van der Waals surface area contributed by atoms with Crippen molar-refractivity contribution in [1.29, 1.82) is 0 Å². The molecule has 0 bridgehead atoms. The normalized spacial score (nSPS) is 14.7. The summed E-state index contributed by atoms with van der Waals surface area (Å²) in [5, 5.41) is 19.9. The number of allylic oxidation sites excluding steroid dienone is 12. The SMILES string of the molecule is CC/C=C\C[C@H](O)/C=C/C=C\C=C\[C@H](O)C/C=C\C/C=C\CCC(=O)O[C@H](COC(=O)CCCCCCC/C=C\C=C/CCCCCC)COP(=O)(O)O. The fourth-order valence-corrected chi connectivity index (χ4v) is 5.16. The highest BCUT2D eigenvalue weighted by atomic mass is 31.2. The van der Waals surface area contributed by atoms with E-state index in [1.165, 1.54) is 25.7 Å². The van der Waals surface area contributed by atoms with Gasteiger partial charge < -0.3 is 29.5 Å². The molecule has 0 heterocycles. The van der Waals surface area contributed by atoms with Gasteiger partial charge in [0.1, 0.15) is 6.61 Å². The summed E-state index contributed by atoms with van der Waals surface area (Å²) < 4.78 is 26.2. The summed E-state index contributed by atoms with van der Waals surface area (Å²) in [5.41, 5.74) is 0. The van der Waals surface area contributed by atoms with Crippen molar-refractivity contribution in [3.05, 3.63) is 97.2 Å². The molecule has 10 nitrogen and oxygen atoms in total. The lowest BCUT2D eigenvalue weighted by Crippen LogP contribution is -2.29. The Morgan fingerprint density at radius 1 is 0.593 bits per heavy atom. The summed E-state index contributed by atoms with van der Waals surface area (Å²) in [6.45, 7) is 3.29. The smallest absolute Gasteiger partial charge is 0.462 e. The highest BCUT2D eigenvalue weighted by Gasteiger charge is 2.22. The molecule has 0 saturated heterocycles. The lowest BCUT2D eigenvalue weighted by molar-refractivity contribution is -0.161. The molecule has 11 heteroatoms. The number of aliphatic hydroxyl groups is 2. The number of carbonyl (C=O) groups excluding carboxylic acids is 2. The third-order valence-corrected chi connectivity index (χ3v) is 8.28. The fourth-order valence-electron chi connectivity index (χ4n) is 4.80. The Kier molecular flexibility index (Phi) is 34.7. The van der Waals surface area contributed by atoms with E-state index in [0.717, 1.165) is 44.9 Å². The monoisotopic (exact) mass is 776 g/mol. The van der Waals surface area contributed by atoms with Crippen LogP contribution in [0.1, 0.15) is 129 Å². The van der Waals surface area contributed by atoms with Crippen molar-refractivity contribution < 1.29 is 48.2 Å². The van der Waals surface area contributed by atoms with E-state index >= 15 is 0 Å². The zero-order chi connectivity index (χ0) is 40.0. The molecule has 0 fully saturated rings. The Bertz CT molecular complexity index is 1220. The molecule has 54 heavy (non-hydrogen) atoms. The first-order chi connectivity index (χ1) is 26.1. The summed E-state index contributed by atoms with van der Waals surface area (Å²) in [6.07, 6.45) is 43.4. The van der Waals surface area contributed by atoms with Crippen LogP contribution < -0.4 is 0 Å². The molecule has 0 aromatic heterocycles. The van der Waals surface area contributed by atoms with Crippen LogP contribution in [-0.4, -0.2) is 63.5 Å². The molecule has 0 unspecified atom stereocenters. The molecule has 0 aliphatic carbocycles. The minimum Gasteiger partial charge on any atom is -0.462 e. The fraction of sp³-hybridized carbons (Fsp3) is 0.581. The van der Waals surface area contributed by atoms with Gasteiger partial charge in [0.2, 0.25) is 0 Å². The molecular weight excluding hydrogens is 707 g/mol. The lowest BCUT2D eigenvalue weighted by Gasteiger charge is -2.18. The van der Waals surface area contributed by atoms with Crippen LogP contribution in [0.15, 0.2) is 97.2 Å². The zero-order valence-corrected chi connectivity index (χ0v) is 33.7. The van der Waals surface area contributed by atoms with E-state index in [1.54, 1.807) is 36.5 Å². The average Bonchev–Trinajstić information content (AvgIpc) is 3.13. The number of aliphatic hydroxyl groups excluding tert-OH is 2. The van der Waals surface area contributed by atoms with Gasteiger partial charge >= 0.3 is 19.8 Å². The second-order valence-corrected chi connectivity index (χ2v) is 14.2. The van der Waals surface area contributed by atoms with Gasteiger partial charge in [0.05, 0.1) is 18.8 Å². The second-order valence-electron chi connectivity index (χ2n) is 13.0. The van der Waals surface area contributed by atoms with Crippen LogP contribution in [-0.2, 0) is 28.2 Å². The quantitative estimate of drug-likeness (QED) is 0.0163. The highest BCUT2D eigenvalue weighted by Crippen LogP contribution is 2.35. The van der Waals surface area contributed by atoms with Crippen LogP contribution in [0.3, 0.4) is 0 Å². The van der Waals surface area contributed by atoms with Crippen molar-refractivity contribution in [3.8, 4) is 0 Å². The largest absolute Gasteiger partial charge is 0.469 e. The van der Waals surface area contributed by atoms with Crippen molar-refractivity contribution in [2.45, 2.75) is 148 Å². The van der Waals surface area contributed by atoms with Gasteiger partial charge in [-0.3, -0.25) is 14.1 Å². The van der Waals surface area contributed by atoms with Gasteiger partial charge in [0.15, 0.2) is 6.10 Å². The molecule has 0 rings (SSSR count). The second kappa shape index (κ2) is 36.8. The van der Waals surface area contributed by atoms with Gasteiger partial charge in [0, 0.05) is 12.8 Å². The summed E-state index contributed by atoms with van der Waals surface area (Å²) in [5.74, 6) is -1.08. The Balaban J connectivity index is 4.27. The molecule has 0 aromatic carbocycles. The molecule has 0 spiro atoms. The van der Waals surface area contributed by atoms with E-state index in [2.05, 4.69) is 35.8 Å². The third-order valence-electron chi connectivity index (χ3n) is 7.79. The first-order valence-corrected chi connectivity index (χ1v) is 21.3. The van der Waals surface area contributed by atoms with Gasteiger partial charge in [-0.15, -0.1) is 0 Å². The first kappa shape index (κ1) is 50.9. The van der Waals surface area contributed by atoms with Gasteiger partial charge in [0.25, 0.3) is 0 Å². The van der Waals surface area contributed by atoms with Crippen LogP contribution in [0.2, 0.25) is 0 Å². The Hall–Kier alpha value is -3.11. The summed E-state index contributed by atoms with van der Waals surface area (Å²) in [7, 11) is -4.81. The molecule has 0 aliphatic heterocycles. The van der Waals surface area contributed by atoms with Crippen LogP contribution in [0.4, 0.5) is 0 Å². The Morgan fingerprint density at radius 3 is 1.78 bits per heavy atom.